The van der Waals surface area contributed by atoms with Crippen molar-refractivity contribution in [1.29, 1.82) is 0 Å². The minimum Gasteiger partial charge on any atom is -0.393 e. The molecular formula is C22H27Cl2N3O2S. The lowest BCUT2D eigenvalue weighted by Gasteiger charge is -2.43. The molecule has 0 bridgehead atoms. The molecule has 1 aliphatic heterocycles. The van der Waals surface area contributed by atoms with E-state index >= 15 is 0 Å². The van der Waals surface area contributed by atoms with Gasteiger partial charge in [0.2, 0.25) is 0 Å². The third kappa shape index (κ3) is 4.17. The number of rotatable bonds is 4. The van der Waals surface area contributed by atoms with Crippen LogP contribution in [-0.2, 0) is 6.61 Å². The Balaban J connectivity index is 1.55. The molecule has 2 N–H and O–H groups in total. The number of benzene rings is 1. The Morgan fingerprint density at radius 3 is 2.60 bits per heavy atom. The molecule has 5 nitrogen and oxygen atoms in total. The molecule has 1 aliphatic carbocycles. The number of nitrogens with zero attached hydrogens (tertiary/aromatic N) is 3. The summed E-state index contributed by atoms with van der Waals surface area (Å²) < 4.78 is 0. The normalized spacial score (nSPS) is 23.3. The first-order valence-corrected chi connectivity index (χ1v) is 11.9. The molecule has 2 aliphatic rings. The van der Waals surface area contributed by atoms with Crippen LogP contribution in [0.5, 0.6) is 0 Å². The lowest BCUT2D eigenvalue weighted by atomic mass is 9.71. The van der Waals surface area contributed by atoms with Gasteiger partial charge < -0.3 is 15.1 Å². The molecule has 2 fully saturated rings. The molecule has 0 radical (unpaired) electrons. The summed E-state index contributed by atoms with van der Waals surface area (Å²) in [5.74, 6) is 1.30. The van der Waals surface area contributed by atoms with Crippen LogP contribution in [0.4, 0.5) is 5.82 Å². The zero-order valence-corrected chi connectivity index (χ0v) is 19.6. The van der Waals surface area contributed by atoms with Crippen molar-refractivity contribution in [3.8, 4) is 0 Å². The Labute approximate surface area is 191 Å². The van der Waals surface area contributed by atoms with E-state index in [1.165, 1.54) is 11.8 Å². The molecule has 1 spiro atoms. The average Bonchev–Trinajstić information content (AvgIpc) is 2.99. The molecule has 8 heteroatoms. The summed E-state index contributed by atoms with van der Waals surface area (Å²) in [7, 11) is 0. The quantitative estimate of drug-likeness (QED) is 0.650. The maximum Gasteiger partial charge on any atom is 0.153 e. The molecule has 30 heavy (non-hydrogen) atoms. The number of aliphatic hydroxyl groups excluding tert-OH is 2. The third-order valence-electron chi connectivity index (χ3n) is 6.72. The number of aliphatic hydroxyl groups is 2. The predicted molar refractivity (Wildman–Crippen MR) is 122 cm³/mol. The fraction of sp³-hybridized carbons (Fsp3) is 0.545. The van der Waals surface area contributed by atoms with E-state index in [0.717, 1.165) is 55.2 Å². The number of anilines is 1. The van der Waals surface area contributed by atoms with Crippen LogP contribution in [0.2, 0.25) is 10.0 Å². The summed E-state index contributed by atoms with van der Waals surface area (Å²) in [4.78, 5) is 12.6. The second kappa shape index (κ2) is 8.83. The molecule has 162 valence electrons. The Morgan fingerprint density at radius 1 is 1.23 bits per heavy atom. The minimum absolute atomic E-state index is 0.170. The first-order valence-electron chi connectivity index (χ1n) is 10.4. The van der Waals surface area contributed by atoms with Crippen LogP contribution >= 0.6 is 35.0 Å². The van der Waals surface area contributed by atoms with E-state index in [0.29, 0.717) is 26.7 Å². The topological polar surface area (TPSA) is 69.5 Å². The Kier molecular flexibility index (Phi) is 6.52. The summed E-state index contributed by atoms with van der Waals surface area (Å²) in [5.41, 5.74) is 1.61. The smallest absolute Gasteiger partial charge is 0.153 e. The highest BCUT2D eigenvalue weighted by Gasteiger charge is 2.46. The predicted octanol–water partition coefficient (Wildman–Crippen LogP) is 5.11. The van der Waals surface area contributed by atoms with E-state index in [2.05, 4.69) is 11.8 Å². The van der Waals surface area contributed by atoms with Gasteiger partial charge in [-0.05, 0) is 56.1 Å². The molecule has 1 saturated heterocycles. The largest absolute Gasteiger partial charge is 0.393 e. The lowest BCUT2D eigenvalue weighted by molar-refractivity contribution is 0.132. The van der Waals surface area contributed by atoms with Gasteiger partial charge in [-0.1, -0.05) is 48.0 Å². The molecule has 4 rings (SSSR count). The molecule has 1 saturated carbocycles. The van der Waals surface area contributed by atoms with E-state index in [-0.39, 0.29) is 18.1 Å². The maximum absolute atomic E-state index is 10.1. The summed E-state index contributed by atoms with van der Waals surface area (Å²) in [5, 5.41) is 21.8. The first-order chi connectivity index (χ1) is 14.3. The lowest BCUT2D eigenvalue weighted by Crippen LogP contribution is -2.42. The Morgan fingerprint density at radius 2 is 1.97 bits per heavy atom. The Bertz CT molecular complexity index is 935. The number of piperidine rings is 1. The molecule has 2 aromatic rings. The highest BCUT2D eigenvalue weighted by Crippen LogP contribution is 2.50. The van der Waals surface area contributed by atoms with E-state index in [1.54, 1.807) is 6.07 Å². The first kappa shape index (κ1) is 22.2. The van der Waals surface area contributed by atoms with Crippen LogP contribution in [0.1, 0.15) is 44.0 Å². The van der Waals surface area contributed by atoms with Crippen molar-refractivity contribution in [2.75, 3.05) is 18.0 Å². The van der Waals surface area contributed by atoms with Crippen LogP contribution < -0.4 is 4.90 Å². The zero-order chi connectivity index (χ0) is 21.5. The van der Waals surface area contributed by atoms with Crippen molar-refractivity contribution < 1.29 is 10.2 Å². The van der Waals surface area contributed by atoms with Gasteiger partial charge in [-0.3, -0.25) is 0 Å². The third-order valence-corrected chi connectivity index (χ3v) is 8.79. The van der Waals surface area contributed by atoms with Gasteiger partial charge in [0.05, 0.1) is 28.5 Å². The summed E-state index contributed by atoms with van der Waals surface area (Å²) in [6.45, 7) is 5.76. The zero-order valence-electron chi connectivity index (χ0n) is 17.2. The summed E-state index contributed by atoms with van der Waals surface area (Å²) in [6.07, 6.45) is 3.70. The van der Waals surface area contributed by atoms with Gasteiger partial charge in [0.25, 0.3) is 0 Å². The van der Waals surface area contributed by atoms with E-state index in [4.69, 9.17) is 33.2 Å². The van der Waals surface area contributed by atoms with Gasteiger partial charge in [0, 0.05) is 18.0 Å². The molecule has 0 unspecified atom stereocenters. The SMILES string of the molecule is Cc1nc(N2CCC3(CC2)C[C@H](O)C[C@H]3C)c(CO)nc1Sc1cccc(Cl)c1Cl. The molecule has 1 aromatic heterocycles. The van der Waals surface area contributed by atoms with Gasteiger partial charge in [-0.15, -0.1) is 0 Å². The number of aryl methyl sites for hydroxylation is 1. The monoisotopic (exact) mass is 467 g/mol. The van der Waals surface area contributed by atoms with Crippen molar-refractivity contribution in [1.82, 2.24) is 9.97 Å². The maximum atomic E-state index is 10.1. The molecule has 1 aromatic carbocycles. The summed E-state index contributed by atoms with van der Waals surface area (Å²) >= 11 is 13.9. The highest BCUT2D eigenvalue weighted by molar-refractivity contribution is 7.99. The molecule has 2 heterocycles. The fourth-order valence-electron chi connectivity index (χ4n) is 4.92. The van der Waals surface area contributed by atoms with Crippen LogP contribution in [0.15, 0.2) is 28.1 Å². The van der Waals surface area contributed by atoms with E-state index in [9.17, 15) is 10.2 Å². The van der Waals surface area contributed by atoms with Gasteiger partial charge in [0.15, 0.2) is 5.82 Å². The number of aromatic nitrogens is 2. The average molecular weight is 468 g/mol. The molecule has 2 atom stereocenters. The van der Waals surface area contributed by atoms with Crippen LogP contribution in [0, 0.1) is 18.3 Å². The Hall–Kier alpha value is -1.05. The van der Waals surface area contributed by atoms with Crippen molar-refractivity contribution in [3.63, 3.8) is 0 Å². The fourth-order valence-corrected chi connectivity index (χ4v) is 6.30. The van der Waals surface area contributed by atoms with E-state index in [1.807, 2.05) is 19.1 Å². The highest BCUT2D eigenvalue weighted by atomic mass is 35.5. The van der Waals surface area contributed by atoms with Crippen molar-refractivity contribution in [3.05, 3.63) is 39.6 Å². The number of hydrogen-bond acceptors (Lipinski definition) is 6. The van der Waals surface area contributed by atoms with Crippen LogP contribution in [-0.4, -0.2) is 39.4 Å². The van der Waals surface area contributed by atoms with Crippen molar-refractivity contribution >= 4 is 40.8 Å². The van der Waals surface area contributed by atoms with Gasteiger partial charge in [-0.2, -0.15) is 0 Å². The second-order valence-corrected chi connectivity index (χ2v) is 10.4. The van der Waals surface area contributed by atoms with Crippen LogP contribution in [0.3, 0.4) is 0 Å². The van der Waals surface area contributed by atoms with Gasteiger partial charge >= 0.3 is 0 Å². The molecular weight excluding hydrogens is 441 g/mol. The van der Waals surface area contributed by atoms with Crippen LogP contribution in [0.25, 0.3) is 0 Å². The molecule has 0 amide bonds. The second-order valence-electron chi connectivity index (χ2n) is 8.54. The minimum atomic E-state index is -0.170. The van der Waals surface area contributed by atoms with Gasteiger partial charge in [0.1, 0.15) is 10.7 Å². The number of hydrogen-bond donors (Lipinski definition) is 2. The standard InChI is InChI=1S/C22H27Cl2N3O2S/c1-13-10-15(29)11-22(13)6-8-27(9-7-22)20-17(12-28)26-21(14(2)25-20)30-18-5-3-4-16(23)19(18)24/h3-5,13,15,28-29H,6-12H2,1-2H3/t13-,15-/m1/s1. The van der Waals surface area contributed by atoms with Gasteiger partial charge in [-0.25, -0.2) is 9.97 Å². The van der Waals surface area contributed by atoms with Crippen molar-refractivity contribution in [2.24, 2.45) is 11.3 Å². The van der Waals surface area contributed by atoms with Crippen molar-refractivity contribution in [2.45, 2.75) is 62.2 Å². The number of halogens is 2. The summed E-state index contributed by atoms with van der Waals surface area (Å²) in [6, 6.07) is 5.50. The van der Waals surface area contributed by atoms with E-state index < -0.39 is 0 Å².